The Morgan fingerprint density at radius 3 is 1.97 bits per heavy atom. The van der Waals surface area contributed by atoms with Crippen molar-refractivity contribution in [3.05, 3.63) is 102 Å². The van der Waals surface area contributed by atoms with Gasteiger partial charge in [-0.15, -0.1) is 0 Å². The van der Waals surface area contributed by atoms with Crippen molar-refractivity contribution in [1.82, 2.24) is 14.7 Å². The fraction of sp³-hybridized carbons (Fsp3) is 0.533. The lowest BCUT2D eigenvalue weighted by molar-refractivity contribution is 0.0528. The third kappa shape index (κ3) is 12.2. The van der Waals surface area contributed by atoms with Gasteiger partial charge in [0.25, 0.3) is 18.2 Å². The number of anilines is 2. The maximum Gasteiger partial charge on any atom is 0.416 e. The minimum Gasteiger partial charge on any atom is -0.493 e. The van der Waals surface area contributed by atoms with Crippen LogP contribution in [0.5, 0.6) is 23.0 Å². The van der Waals surface area contributed by atoms with Gasteiger partial charge in [-0.25, -0.2) is 23.3 Å². The zero-order valence-electron chi connectivity index (χ0n) is 46.9. The van der Waals surface area contributed by atoms with Crippen LogP contribution in [0.4, 0.5) is 29.7 Å². The third-order valence-electron chi connectivity index (χ3n) is 17.0. The highest BCUT2D eigenvalue weighted by Gasteiger charge is 2.60. The van der Waals surface area contributed by atoms with E-state index in [4.69, 9.17) is 32.8 Å². The van der Waals surface area contributed by atoms with E-state index in [1.807, 2.05) is 16.0 Å². The first-order valence-electron chi connectivity index (χ1n) is 27.7. The molecule has 4 amide bonds. The van der Waals surface area contributed by atoms with E-state index >= 15 is 0 Å². The summed E-state index contributed by atoms with van der Waals surface area (Å²) in [6.45, 7) is 20.6. The highest BCUT2D eigenvalue weighted by molar-refractivity contribution is 6.74. The number of fused-ring (bicyclic) bond motifs is 4. The highest BCUT2D eigenvalue weighted by atomic mass is 28.4. The number of methoxy groups -OCH3 is 2. The van der Waals surface area contributed by atoms with Gasteiger partial charge in [-0.2, -0.15) is 0 Å². The van der Waals surface area contributed by atoms with Crippen molar-refractivity contribution >= 4 is 49.3 Å². The van der Waals surface area contributed by atoms with E-state index in [9.17, 15) is 28.0 Å². The molecule has 79 heavy (non-hydrogen) atoms. The van der Waals surface area contributed by atoms with Crippen molar-refractivity contribution in [2.75, 3.05) is 83.2 Å². The predicted octanol–water partition coefficient (Wildman–Crippen LogP) is 11.7. The van der Waals surface area contributed by atoms with Crippen molar-refractivity contribution in [2.45, 2.75) is 127 Å². The molecule has 1 aliphatic carbocycles. The number of nitrogens with zero attached hydrogens (tertiary/aromatic N) is 5. The van der Waals surface area contributed by atoms with Gasteiger partial charge in [-0.1, -0.05) is 70.3 Å². The van der Waals surface area contributed by atoms with E-state index in [1.165, 1.54) is 41.7 Å². The van der Waals surface area contributed by atoms with Gasteiger partial charge in [0.15, 0.2) is 37.5 Å². The Morgan fingerprint density at radius 2 is 1.41 bits per heavy atom. The molecule has 19 heteroatoms. The zero-order valence-corrected chi connectivity index (χ0v) is 47.9. The Morgan fingerprint density at radius 1 is 0.810 bits per heavy atom. The van der Waals surface area contributed by atoms with Crippen molar-refractivity contribution in [2.24, 2.45) is 5.41 Å². The van der Waals surface area contributed by atoms with Crippen LogP contribution < -0.4 is 28.7 Å². The molecule has 2 saturated heterocycles. The second-order valence-corrected chi connectivity index (χ2v) is 28.1. The monoisotopic (exact) mass is 1110 g/mol. The number of halogens is 2. The average molecular weight is 1110 g/mol. The van der Waals surface area contributed by atoms with E-state index in [0.29, 0.717) is 85.3 Å². The van der Waals surface area contributed by atoms with Crippen molar-refractivity contribution in [3.63, 3.8) is 0 Å². The van der Waals surface area contributed by atoms with Crippen molar-refractivity contribution < 1.29 is 60.8 Å². The van der Waals surface area contributed by atoms with Crippen LogP contribution in [0.2, 0.25) is 18.1 Å². The van der Waals surface area contributed by atoms with E-state index in [1.54, 1.807) is 29.2 Å². The topological polar surface area (TPSA) is 149 Å². The maximum absolute atomic E-state index is 14.7. The first-order chi connectivity index (χ1) is 37.8. The van der Waals surface area contributed by atoms with Gasteiger partial charge in [-0.3, -0.25) is 19.4 Å². The Hall–Kier alpha value is -6.44. The largest absolute Gasteiger partial charge is 0.493 e. The van der Waals surface area contributed by atoms with Gasteiger partial charge in [0.2, 0.25) is 0 Å². The summed E-state index contributed by atoms with van der Waals surface area (Å²) in [5.74, 6) is 1.20. The van der Waals surface area contributed by atoms with Crippen LogP contribution in [0.1, 0.15) is 116 Å². The van der Waals surface area contributed by atoms with Crippen LogP contribution in [0.15, 0.2) is 80.0 Å². The molecule has 1 saturated carbocycles. The molecule has 0 bridgehead atoms. The number of likely N-dealkylation sites (tertiary alicyclic amines) is 1. The molecular weight excluding hydrogens is 1030 g/mol. The normalized spacial score (nSPS) is 20.9. The van der Waals surface area contributed by atoms with Gasteiger partial charge in [0.05, 0.1) is 75.1 Å². The number of carbonyl (C=O) groups is 4. The molecule has 16 nitrogen and oxygen atoms in total. The second kappa shape index (κ2) is 23.7. The third-order valence-corrected chi connectivity index (χ3v) is 21.5. The summed E-state index contributed by atoms with van der Waals surface area (Å²) in [5, 5.41) is -0.193. The van der Waals surface area contributed by atoms with Crippen LogP contribution >= 0.6 is 0 Å². The number of carbonyl (C=O) groups excluding carboxylic acids is 4. The molecule has 1 unspecified atom stereocenters. The van der Waals surface area contributed by atoms with Crippen molar-refractivity contribution in [3.8, 4) is 23.0 Å². The number of unbranched alkanes of at least 4 members (excludes halogenated alkanes) is 2. The number of benzene rings is 3. The molecule has 5 heterocycles. The summed E-state index contributed by atoms with van der Waals surface area (Å²) in [6, 6.07) is 14.1. The molecule has 0 radical (unpaired) electrons. The highest BCUT2D eigenvalue weighted by Crippen LogP contribution is 2.58. The maximum atomic E-state index is 14.7. The quantitative estimate of drug-likeness (QED) is 0.0602. The molecule has 426 valence electrons. The standard InChI is InChI=1S/C60H77F2N5O11Si/c1-10-25-76-57(70)65-36-43-29-42(40-17-15-39(16-18-40)41-19-23-63(24-20-41)37-53(61)62)35-64(43)54(68)44-30-49(72-6)51(32-46(44)65)74-27-13-12-14-28-75-52-33-47-45(31-50(52)73-7)55(69)66-38-60(21-22-60)34-48(66)56(67(47)58(71)77-26-11-2)78-79(8,9)59(3,4)5/h10-11,15-18,30-33,35,41,43,48,53,56H,1-2,12-14,19-29,34,36-38H2,3-9H3/t43-,48-,56?/m0/s1. The van der Waals surface area contributed by atoms with Crippen LogP contribution in [0.3, 0.4) is 0 Å². The lowest BCUT2D eigenvalue weighted by Crippen LogP contribution is -2.58. The molecule has 5 aliphatic heterocycles. The number of amides is 4. The average Bonchev–Trinajstić information content (AvgIpc) is 3.95. The lowest BCUT2D eigenvalue weighted by atomic mass is 9.88. The first kappa shape index (κ1) is 57.3. The summed E-state index contributed by atoms with van der Waals surface area (Å²) in [4.78, 5) is 65.8. The minimum absolute atomic E-state index is 0.0146. The van der Waals surface area contributed by atoms with E-state index < -0.39 is 33.2 Å². The Bertz CT molecular complexity index is 2810. The van der Waals surface area contributed by atoms with Crippen LogP contribution in [0.25, 0.3) is 5.57 Å². The lowest BCUT2D eigenvalue weighted by Gasteiger charge is -2.44. The molecule has 1 spiro atoms. The predicted molar refractivity (Wildman–Crippen MR) is 300 cm³/mol. The van der Waals surface area contributed by atoms with E-state index in [2.05, 4.69) is 71.3 Å². The van der Waals surface area contributed by atoms with E-state index in [0.717, 1.165) is 43.2 Å². The van der Waals surface area contributed by atoms with Gasteiger partial charge in [0.1, 0.15) is 13.2 Å². The number of piperidine rings is 1. The SMILES string of the molecule is C=CCOC(=O)N1C[C@@H]2CC(c3ccc(C4CCN(CC(F)F)CC4)cc3)=CN2C(=O)c2cc(OC)c(OCCCCCOc3cc4c(cc3OC)C(=O)N3CC5(CC5)C[C@H]3C(O[Si](C)(C)C(C)(C)C)N4C(=O)OCC=C)cc21. The van der Waals surface area contributed by atoms with Crippen LogP contribution in [-0.4, -0.2) is 145 Å². The Balaban J connectivity index is 0.874. The van der Waals surface area contributed by atoms with E-state index in [-0.39, 0.29) is 85.3 Å². The molecule has 6 aliphatic rings. The molecule has 9 rings (SSSR count). The zero-order chi connectivity index (χ0) is 56.4. The summed E-state index contributed by atoms with van der Waals surface area (Å²) in [6.07, 6.45) is 7.26. The molecule has 0 N–H and O–H groups in total. The van der Waals surface area contributed by atoms with Gasteiger partial charge in [0, 0.05) is 24.9 Å². The van der Waals surface area contributed by atoms with Crippen molar-refractivity contribution in [1.29, 1.82) is 0 Å². The number of hydrogen-bond donors (Lipinski definition) is 0. The smallest absolute Gasteiger partial charge is 0.416 e. The summed E-state index contributed by atoms with van der Waals surface area (Å²) < 4.78 is 68.8. The Kier molecular flexibility index (Phi) is 17.2. The minimum atomic E-state index is -2.54. The second-order valence-electron chi connectivity index (χ2n) is 23.3. The molecule has 3 aromatic carbocycles. The fourth-order valence-electron chi connectivity index (χ4n) is 11.4. The number of rotatable bonds is 20. The van der Waals surface area contributed by atoms with Crippen LogP contribution in [0, 0.1) is 5.41 Å². The van der Waals surface area contributed by atoms with Gasteiger partial charge < -0.3 is 42.6 Å². The molecule has 3 aromatic rings. The molecule has 0 aromatic heterocycles. The number of ether oxygens (including phenoxy) is 6. The summed E-state index contributed by atoms with van der Waals surface area (Å²) in [7, 11) is 0.483. The summed E-state index contributed by atoms with van der Waals surface area (Å²) in [5.41, 5.74) is 4.33. The van der Waals surface area contributed by atoms with Gasteiger partial charge >= 0.3 is 12.2 Å². The number of alkyl halides is 2. The summed E-state index contributed by atoms with van der Waals surface area (Å²) >= 11 is 0. The Labute approximate surface area is 464 Å². The molecular formula is C60H77F2N5O11Si. The van der Waals surface area contributed by atoms with Crippen LogP contribution in [-0.2, 0) is 13.9 Å². The van der Waals surface area contributed by atoms with Gasteiger partial charge in [-0.05, 0) is 129 Å². The fourth-order valence-corrected chi connectivity index (χ4v) is 12.7. The number of hydrogen-bond acceptors (Lipinski definition) is 12. The molecule has 3 fully saturated rings. The molecule has 3 atom stereocenters. The first-order valence-corrected chi connectivity index (χ1v) is 30.6.